The Morgan fingerprint density at radius 3 is 2.49 bits per heavy atom. The first-order valence-corrected chi connectivity index (χ1v) is 16.0. The van der Waals surface area contributed by atoms with Crippen LogP contribution in [-0.4, -0.2) is 14.5 Å². The summed E-state index contributed by atoms with van der Waals surface area (Å²) in [5.74, 6) is 2.83. The van der Waals surface area contributed by atoms with E-state index in [0.29, 0.717) is 0 Å². The van der Waals surface area contributed by atoms with E-state index >= 15 is 0 Å². The van der Waals surface area contributed by atoms with E-state index in [9.17, 15) is 0 Å². The summed E-state index contributed by atoms with van der Waals surface area (Å²) in [5.41, 5.74) is 6.94. The van der Waals surface area contributed by atoms with Crippen molar-refractivity contribution in [3.63, 3.8) is 0 Å². The van der Waals surface area contributed by atoms with E-state index in [-0.39, 0.29) is 0 Å². The highest BCUT2D eigenvalue weighted by molar-refractivity contribution is 7.25. The van der Waals surface area contributed by atoms with Gasteiger partial charge in [0.05, 0.1) is 11.3 Å². The highest BCUT2D eigenvalue weighted by Crippen LogP contribution is 2.55. The van der Waals surface area contributed by atoms with E-state index in [2.05, 4.69) is 146 Å². The van der Waals surface area contributed by atoms with Gasteiger partial charge in [-0.3, -0.25) is 0 Å². The summed E-state index contributed by atoms with van der Waals surface area (Å²) in [5, 5.41) is 10.4. The first-order chi connectivity index (χ1) is 22.3. The monoisotopic (exact) mass is 595 g/mol. The molecule has 1 unspecified atom stereocenters. The number of para-hydroxylation sites is 1. The molecule has 0 amide bonds. The summed E-state index contributed by atoms with van der Waals surface area (Å²) in [6.07, 6.45) is 4.44. The molecule has 0 fully saturated rings. The van der Waals surface area contributed by atoms with Crippen LogP contribution in [0.15, 0.2) is 128 Å². The molecule has 3 aliphatic rings. The number of nitrogens with zero attached hydrogens (tertiary/aromatic N) is 5. The summed E-state index contributed by atoms with van der Waals surface area (Å²) in [6, 6.07) is 41.3. The number of pyridine rings is 1. The Hall–Kier alpha value is -5.79. The Morgan fingerprint density at radius 2 is 1.51 bits per heavy atom. The largest absolute Gasteiger partial charge is 0.456 e. The Kier molecular flexibility index (Phi) is 3.76. The SMILES string of the molecule is c1cc2c3c(c1)-n1nc(-c4ccc5c(c4)sc4ccccc45)c[n+]1C31c3c(ccc4c5ccccc5n(c34)-c3cccc[n+]31)O2. The number of hydrogen-bond acceptors (Lipinski definition) is 3. The normalized spacial score (nSPS) is 16.7. The molecule has 1 atom stereocenters. The van der Waals surface area contributed by atoms with E-state index in [1.54, 1.807) is 0 Å². The third-order valence-electron chi connectivity index (χ3n) is 10.0. The second kappa shape index (κ2) is 7.46. The van der Waals surface area contributed by atoms with Gasteiger partial charge in [-0.15, -0.1) is 11.3 Å². The molecule has 9 aromatic rings. The van der Waals surface area contributed by atoms with Gasteiger partial charge in [0.1, 0.15) is 33.8 Å². The molecule has 0 saturated heterocycles. The van der Waals surface area contributed by atoms with Gasteiger partial charge < -0.3 is 4.74 Å². The van der Waals surface area contributed by atoms with Gasteiger partial charge >= 0.3 is 5.66 Å². The first-order valence-electron chi connectivity index (χ1n) is 15.1. The molecule has 5 aromatic carbocycles. The third kappa shape index (κ3) is 2.44. The lowest BCUT2D eigenvalue weighted by molar-refractivity contribution is -0.995. The number of hydrogen-bond donors (Lipinski definition) is 0. The molecule has 0 bridgehead atoms. The zero-order chi connectivity index (χ0) is 29.0. The fraction of sp³-hybridized carbons (Fsp3) is 0.0263. The van der Waals surface area contributed by atoms with Gasteiger partial charge in [0.25, 0.3) is 5.82 Å². The molecule has 1 spiro atoms. The molecule has 0 aliphatic carbocycles. The number of ether oxygens (including phenoxy) is 1. The average molecular weight is 596 g/mol. The molecule has 6 nitrogen and oxygen atoms in total. The molecule has 0 radical (unpaired) electrons. The maximum Gasteiger partial charge on any atom is 0.337 e. The van der Waals surface area contributed by atoms with Gasteiger partial charge in [-0.1, -0.05) is 53.2 Å². The molecule has 7 heteroatoms. The van der Waals surface area contributed by atoms with E-state index in [0.717, 1.165) is 45.4 Å². The van der Waals surface area contributed by atoms with Crippen molar-refractivity contribution in [3.8, 4) is 34.3 Å². The minimum atomic E-state index is -0.729. The lowest BCUT2D eigenvalue weighted by atomic mass is 9.84. The average Bonchev–Trinajstić information content (AvgIpc) is 3.84. The molecule has 3 aliphatic heterocycles. The molecular formula is C38H21N5OS+2. The van der Waals surface area contributed by atoms with Crippen LogP contribution in [0.4, 0.5) is 0 Å². The van der Waals surface area contributed by atoms with Crippen molar-refractivity contribution in [3.05, 3.63) is 139 Å². The van der Waals surface area contributed by atoms with Crippen molar-refractivity contribution in [2.24, 2.45) is 0 Å². The maximum absolute atomic E-state index is 6.75. The van der Waals surface area contributed by atoms with Crippen molar-refractivity contribution in [2.45, 2.75) is 5.66 Å². The Bertz CT molecular complexity index is 2820. The van der Waals surface area contributed by atoms with Crippen molar-refractivity contribution < 1.29 is 14.0 Å². The van der Waals surface area contributed by atoms with Gasteiger partial charge in [-0.2, -0.15) is 9.13 Å². The van der Waals surface area contributed by atoms with Crippen LogP contribution < -0.4 is 14.0 Å². The Balaban J connectivity index is 1.22. The quantitative estimate of drug-likeness (QED) is 0.183. The molecule has 208 valence electrons. The van der Waals surface area contributed by atoms with Crippen LogP contribution in [0.25, 0.3) is 64.7 Å². The highest BCUT2D eigenvalue weighted by Gasteiger charge is 2.66. The number of aromatic nitrogens is 5. The summed E-state index contributed by atoms with van der Waals surface area (Å²) in [7, 11) is 0. The van der Waals surface area contributed by atoms with E-state index in [1.807, 2.05) is 11.3 Å². The fourth-order valence-corrected chi connectivity index (χ4v) is 9.44. The molecule has 0 N–H and O–H groups in total. The standard InChI is InChI=1S/C38H21N5OS/c1-3-10-28-23(8-1)26-17-18-31-36-37(26)42(28)34-14-5-6-19-40(34)38(36)35-29(11-7-12-30(35)44-31)43-39-27(21-41(38)43)22-15-16-25-24-9-2-4-13-32(24)45-33(25)20-22/h1-21H/q+2. The first kappa shape index (κ1) is 22.7. The molecule has 12 rings (SSSR count). The molecule has 7 heterocycles. The number of fused-ring (bicyclic) bond motifs is 10. The van der Waals surface area contributed by atoms with Crippen LogP contribution in [0.5, 0.6) is 11.5 Å². The minimum Gasteiger partial charge on any atom is -0.456 e. The van der Waals surface area contributed by atoms with Gasteiger partial charge in [0.15, 0.2) is 11.7 Å². The highest BCUT2D eigenvalue weighted by atomic mass is 32.1. The van der Waals surface area contributed by atoms with Crippen molar-refractivity contribution in [1.29, 1.82) is 0 Å². The zero-order valence-corrected chi connectivity index (χ0v) is 24.5. The smallest absolute Gasteiger partial charge is 0.337 e. The van der Waals surface area contributed by atoms with Gasteiger partial charge in [-0.05, 0) is 65.5 Å². The molecular weight excluding hydrogens is 575 g/mol. The van der Waals surface area contributed by atoms with Gasteiger partial charge in [0.2, 0.25) is 5.69 Å². The number of benzene rings is 5. The van der Waals surface area contributed by atoms with Crippen LogP contribution in [0.3, 0.4) is 0 Å². The fourth-order valence-electron chi connectivity index (χ4n) is 8.30. The predicted molar refractivity (Wildman–Crippen MR) is 175 cm³/mol. The van der Waals surface area contributed by atoms with Crippen LogP contribution in [0, 0.1) is 0 Å². The van der Waals surface area contributed by atoms with Crippen LogP contribution in [-0.2, 0) is 5.66 Å². The minimum absolute atomic E-state index is 0.729. The van der Waals surface area contributed by atoms with Crippen molar-refractivity contribution in [1.82, 2.24) is 14.5 Å². The summed E-state index contributed by atoms with van der Waals surface area (Å²) in [6.45, 7) is 0. The second-order valence-corrected chi connectivity index (χ2v) is 13.2. The predicted octanol–water partition coefficient (Wildman–Crippen LogP) is 7.61. The lowest BCUT2D eigenvalue weighted by Gasteiger charge is -2.34. The second-order valence-electron chi connectivity index (χ2n) is 12.1. The number of rotatable bonds is 1. The topological polar surface area (TPSA) is 39.7 Å². The lowest BCUT2D eigenvalue weighted by Crippen LogP contribution is -2.76. The van der Waals surface area contributed by atoms with Crippen LogP contribution >= 0.6 is 11.3 Å². The van der Waals surface area contributed by atoms with Crippen LogP contribution in [0.1, 0.15) is 11.1 Å². The molecule has 0 saturated carbocycles. The third-order valence-corrected chi connectivity index (χ3v) is 11.1. The molecule has 4 aromatic heterocycles. The maximum atomic E-state index is 6.75. The van der Waals surface area contributed by atoms with Crippen LogP contribution in [0.2, 0.25) is 0 Å². The van der Waals surface area contributed by atoms with E-state index in [1.165, 1.54) is 42.0 Å². The number of thiophene rings is 1. The molecule has 45 heavy (non-hydrogen) atoms. The van der Waals surface area contributed by atoms with Gasteiger partial charge in [0, 0.05) is 42.6 Å². The van der Waals surface area contributed by atoms with Gasteiger partial charge in [-0.25, -0.2) is 0 Å². The van der Waals surface area contributed by atoms with E-state index < -0.39 is 5.66 Å². The summed E-state index contributed by atoms with van der Waals surface area (Å²) >= 11 is 1.84. The van der Waals surface area contributed by atoms with Crippen molar-refractivity contribution in [2.75, 3.05) is 0 Å². The zero-order valence-electron chi connectivity index (χ0n) is 23.7. The summed E-state index contributed by atoms with van der Waals surface area (Å²) < 4.78 is 16.5. The van der Waals surface area contributed by atoms with Crippen molar-refractivity contribution >= 4 is 53.3 Å². The Morgan fingerprint density at radius 1 is 0.689 bits per heavy atom. The summed E-state index contributed by atoms with van der Waals surface area (Å²) in [4.78, 5) is 2.09. The van der Waals surface area contributed by atoms with E-state index in [4.69, 9.17) is 9.84 Å². The Labute approximate surface area is 259 Å².